The topological polar surface area (TPSA) is 58.1 Å². The molecule has 0 spiro atoms. The van der Waals surface area contributed by atoms with Crippen molar-refractivity contribution in [2.24, 2.45) is 4.99 Å². The van der Waals surface area contributed by atoms with E-state index in [0.717, 1.165) is 30.0 Å². The lowest BCUT2D eigenvalue weighted by Crippen LogP contribution is -2.49. The van der Waals surface area contributed by atoms with Crippen LogP contribution in [0.2, 0.25) is 0 Å². The Balaban J connectivity index is 1.47. The fourth-order valence-corrected chi connectivity index (χ4v) is 3.53. The highest BCUT2D eigenvalue weighted by molar-refractivity contribution is 5.80. The highest BCUT2D eigenvalue weighted by Crippen LogP contribution is 2.29. The summed E-state index contributed by atoms with van der Waals surface area (Å²) >= 11 is 0. The molecule has 1 aliphatic heterocycles. The van der Waals surface area contributed by atoms with E-state index in [2.05, 4.69) is 22.5 Å². The molecule has 1 saturated carbocycles. The Morgan fingerprint density at radius 2 is 1.96 bits per heavy atom. The summed E-state index contributed by atoms with van der Waals surface area (Å²) in [5.41, 5.74) is 0. The first-order valence-electron chi connectivity index (χ1n) is 10.3. The summed E-state index contributed by atoms with van der Waals surface area (Å²) in [7, 11) is 1.66. The van der Waals surface area contributed by atoms with Crippen molar-refractivity contribution in [3.8, 4) is 11.5 Å². The molecule has 0 amide bonds. The van der Waals surface area contributed by atoms with Crippen LogP contribution < -0.4 is 20.1 Å². The van der Waals surface area contributed by atoms with Crippen molar-refractivity contribution in [3.05, 3.63) is 24.3 Å². The summed E-state index contributed by atoms with van der Waals surface area (Å²) in [5.74, 6) is 2.50. The number of hydrogen-bond donors (Lipinski definition) is 2. The molecule has 1 saturated heterocycles. The number of methoxy groups -OCH3 is 1. The van der Waals surface area contributed by atoms with Crippen molar-refractivity contribution >= 4 is 5.96 Å². The van der Waals surface area contributed by atoms with Gasteiger partial charge in [0.05, 0.1) is 13.7 Å². The molecule has 1 unspecified atom stereocenters. The number of piperidine rings is 1. The molecule has 3 rings (SSSR count). The number of nitrogens with zero attached hydrogens (tertiary/aromatic N) is 2. The van der Waals surface area contributed by atoms with Crippen LogP contribution >= 0.6 is 0 Å². The second-order valence-corrected chi connectivity index (χ2v) is 7.51. The van der Waals surface area contributed by atoms with Crippen molar-refractivity contribution in [2.45, 2.75) is 57.7 Å². The largest absolute Gasteiger partial charge is 0.497 e. The van der Waals surface area contributed by atoms with Crippen LogP contribution in [0.3, 0.4) is 0 Å². The number of likely N-dealkylation sites (tertiary alicyclic amines) is 1. The van der Waals surface area contributed by atoms with Gasteiger partial charge in [0, 0.05) is 37.8 Å². The molecule has 6 nitrogen and oxygen atoms in total. The van der Waals surface area contributed by atoms with Gasteiger partial charge < -0.3 is 25.0 Å². The summed E-state index contributed by atoms with van der Waals surface area (Å²) in [6.07, 6.45) is 5.16. The van der Waals surface area contributed by atoms with E-state index in [-0.39, 0.29) is 6.10 Å². The van der Waals surface area contributed by atoms with E-state index in [1.807, 2.05) is 31.2 Å². The Morgan fingerprint density at radius 3 is 2.63 bits per heavy atom. The lowest BCUT2D eigenvalue weighted by molar-refractivity contribution is 0.197. The molecule has 1 heterocycles. The minimum Gasteiger partial charge on any atom is -0.497 e. The molecule has 0 bridgehead atoms. The van der Waals surface area contributed by atoms with Gasteiger partial charge in [0.1, 0.15) is 17.6 Å². The van der Waals surface area contributed by atoms with Crippen LogP contribution in [0.1, 0.15) is 39.5 Å². The van der Waals surface area contributed by atoms with Crippen LogP contribution in [0.5, 0.6) is 11.5 Å². The summed E-state index contributed by atoms with van der Waals surface area (Å²) in [5, 5.41) is 6.97. The fourth-order valence-electron chi connectivity index (χ4n) is 3.53. The van der Waals surface area contributed by atoms with E-state index >= 15 is 0 Å². The molecule has 2 aliphatic rings. The summed E-state index contributed by atoms with van der Waals surface area (Å²) in [6, 6.07) is 9.08. The summed E-state index contributed by atoms with van der Waals surface area (Å²) < 4.78 is 11.2. The Kier molecular flexibility index (Phi) is 7.21. The highest BCUT2D eigenvalue weighted by atomic mass is 16.5. The van der Waals surface area contributed by atoms with Crippen molar-refractivity contribution in [1.29, 1.82) is 0 Å². The smallest absolute Gasteiger partial charge is 0.191 e. The summed E-state index contributed by atoms with van der Waals surface area (Å²) in [4.78, 5) is 7.38. The molecule has 2 fully saturated rings. The van der Waals surface area contributed by atoms with Gasteiger partial charge >= 0.3 is 0 Å². The standard InChI is InChI=1S/C21H34N4O2/c1-4-22-21(24-17-10-12-25(13-11-17)18-8-9-18)23-15-16(2)27-20-7-5-6-19(14-20)26-3/h5-7,14,16-18H,4,8-13,15H2,1-3H3,(H2,22,23,24). The van der Waals surface area contributed by atoms with E-state index in [0.29, 0.717) is 12.6 Å². The molecule has 27 heavy (non-hydrogen) atoms. The fraction of sp³-hybridized carbons (Fsp3) is 0.667. The monoisotopic (exact) mass is 374 g/mol. The van der Waals surface area contributed by atoms with E-state index < -0.39 is 0 Å². The van der Waals surface area contributed by atoms with Gasteiger partial charge in [0.2, 0.25) is 0 Å². The van der Waals surface area contributed by atoms with Gasteiger partial charge in [-0.3, -0.25) is 0 Å². The first-order chi connectivity index (χ1) is 13.2. The zero-order valence-electron chi connectivity index (χ0n) is 16.9. The molecular weight excluding hydrogens is 340 g/mol. The third kappa shape index (κ3) is 6.31. The second-order valence-electron chi connectivity index (χ2n) is 7.51. The molecule has 0 radical (unpaired) electrons. The molecule has 2 N–H and O–H groups in total. The minimum absolute atomic E-state index is 0.00993. The molecule has 1 atom stereocenters. The molecule has 1 aromatic rings. The molecule has 0 aromatic heterocycles. The lowest BCUT2D eigenvalue weighted by atomic mass is 10.1. The maximum atomic E-state index is 5.97. The van der Waals surface area contributed by atoms with Gasteiger partial charge in [-0.2, -0.15) is 0 Å². The Hall–Kier alpha value is -1.95. The van der Waals surface area contributed by atoms with Gasteiger partial charge in [-0.25, -0.2) is 4.99 Å². The molecule has 1 aromatic carbocycles. The van der Waals surface area contributed by atoms with Gasteiger partial charge in [-0.15, -0.1) is 0 Å². The van der Waals surface area contributed by atoms with Crippen LogP contribution in [0.4, 0.5) is 0 Å². The molecule has 150 valence electrons. The summed E-state index contributed by atoms with van der Waals surface area (Å²) in [6.45, 7) is 8.02. The average Bonchev–Trinajstić information content (AvgIpc) is 3.52. The Labute approximate surface area is 163 Å². The van der Waals surface area contributed by atoms with Gasteiger partial charge in [0.25, 0.3) is 0 Å². The molecule has 6 heteroatoms. The van der Waals surface area contributed by atoms with Crippen LogP contribution in [0.25, 0.3) is 0 Å². The highest BCUT2D eigenvalue weighted by Gasteiger charge is 2.31. The normalized spacial score (nSPS) is 20.2. The van der Waals surface area contributed by atoms with Crippen molar-refractivity contribution < 1.29 is 9.47 Å². The number of aliphatic imine (C=N–C) groups is 1. The van der Waals surface area contributed by atoms with E-state index in [1.165, 1.54) is 38.8 Å². The quantitative estimate of drug-likeness (QED) is 0.541. The van der Waals surface area contributed by atoms with Gasteiger partial charge in [0.15, 0.2) is 5.96 Å². The number of nitrogens with one attached hydrogen (secondary N) is 2. The first-order valence-corrected chi connectivity index (χ1v) is 10.3. The van der Waals surface area contributed by atoms with Crippen molar-refractivity contribution in [2.75, 3.05) is 33.3 Å². The van der Waals surface area contributed by atoms with E-state index in [1.54, 1.807) is 7.11 Å². The number of rotatable bonds is 8. The number of guanidine groups is 1. The van der Waals surface area contributed by atoms with Crippen LogP contribution in [-0.2, 0) is 0 Å². The second kappa shape index (κ2) is 9.83. The predicted molar refractivity (Wildman–Crippen MR) is 110 cm³/mol. The maximum Gasteiger partial charge on any atom is 0.191 e. The zero-order valence-corrected chi connectivity index (χ0v) is 16.9. The number of benzene rings is 1. The molecule has 1 aliphatic carbocycles. The van der Waals surface area contributed by atoms with Gasteiger partial charge in [-0.1, -0.05) is 6.07 Å². The first kappa shape index (κ1) is 19.8. The minimum atomic E-state index is -0.00993. The Morgan fingerprint density at radius 1 is 1.22 bits per heavy atom. The third-order valence-corrected chi connectivity index (χ3v) is 5.16. The van der Waals surface area contributed by atoms with E-state index in [9.17, 15) is 0 Å². The Bertz CT molecular complexity index is 610. The number of ether oxygens (including phenoxy) is 2. The van der Waals surface area contributed by atoms with E-state index in [4.69, 9.17) is 14.5 Å². The van der Waals surface area contributed by atoms with Gasteiger partial charge in [-0.05, 0) is 51.7 Å². The van der Waals surface area contributed by atoms with Crippen LogP contribution in [-0.4, -0.2) is 62.3 Å². The third-order valence-electron chi connectivity index (χ3n) is 5.16. The molecular formula is C21H34N4O2. The SMILES string of the molecule is CCNC(=NCC(C)Oc1cccc(OC)c1)NC1CCN(C2CC2)CC1. The van der Waals surface area contributed by atoms with Crippen molar-refractivity contribution in [3.63, 3.8) is 0 Å². The zero-order chi connectivity index (χ0) is 19.1. The van der Waals surface area contributed by atoms with Crippen LogP contribution in [0.15, 0.2) is 29.3 Å². The maximum absolute atomic E-state index is 5.97. The number of hydrogen-bond acceptors (Lipinski definition) is 4. The lowest BCUT2D eigenvalue weighted by Gasteiger charge is -2.33. The van der Waals surface area contributed by atoms with Crippen LogP contribution in [0, 0.1) is 0 Å². The van der Waals surface area contributed by atoms with Crippen molar-refractivity contribution in [1.82, 2.24) is 15.5 Å². The average molecular weight is 375 g/mol. The predicted octanol–water partition coefficient (Wildman–Crippen LogP) is 2.64.